The number of aromatic amines is 2. The summed E-state index contributed by atoms with van der Waals surface area (Å²) in [5.41, 5.74) is 2.00. The number of H-pyrrole nitrogens is 2. The van der Waals surface area contributed by atoms with Crippen molar-refractivity contribution in [2.24, 2.45) is 4.99 Å². The monoisotopic (exact) mass is 213 g/mol. The average molecular weight is 213 g/mol. The Hall–Kier alpha value is -1.25. The Balaban J connectivity index is 0.000000845. The van der Waals surface area contributed by atoms with Crippen molar-refractivity contribution in [3.63, 3.8) is 0 Å². The van der Waals surface area contributed by atoms with E-state index in [9.17, 15) is 0 Å². The van der Waals surface area contributed by atoms with Crippen molar-refractivity contribution in [2.75, 3.05) is 0 Å². The van der Waals surface area contributed by atoms with E-state index in [1.165, 1.54) is 0 Å². The van der Waals surface area contributed by atoms with Crippen molar-refractivity contribution in [1.29, 1.82) is 0 Å². The van der Waals surface area contributed by atoms with Gasteiger partial charge in [-0.1, -0.05) is 5.69 Å². The average Bonchev–Trinajstić information content (AvgIpc) is 2.75. The molecule has 0 saturated heterocycles. The number of hydrogen-bond donors (Lipinski definition) is 2. The van der Waals surface area contributed by atoms with Gasteiger partial charge in [0.25, 0.3) is 0 Å². The maximum absolute atomic E-state index is 3.77. The van der Waals surface area contributed by atoms with Crippen molar-refractivity contribution in [3.8, 4) is 11.4 Å². The smallest absolute Gasteiger partial charge is 0.128 e. The number of nitrogens with zero attached hydrogens (tertiary/aromatic N) is 1. The third kappa shape index (κ3) is 1.91. The summed E-state index contributed by atoms with van der Waals surface area (Å²) in [5, 5.41) is 0. The van der Waals surface area contributed by atoms with Gasteiger partial charge in [-0.2, -0.15) is 12.1 Å². The Morgan fingerprint density at radius 2 is 2.08 bits per heavy atom. The summed E-state index contributed by atoms with van der Waals surface area (Å²) < 4.78 is 0. The number of rotatable bonds is 2. The molecule has 0 fully saturated rings. The standard InChI is InChI=1S/C9H8N3.Mn/c1-10-9-5-4-8(12-9)7-3-2-6-11-7;/h2-5,11-12H,1H2;/q-1;. The molecule has 0 atom stereocenters. The molecule has 0 aliphatic heterocycles. The van der Waals surface area contributed by atoms with Crippen molar-refractivity contribution >= 4 is 12.5 Å². The van der Waals surface area contributed by atoms with E-state index in [0.29, 0.717) is 0 Å². The fraction of sp³-hybridized carbons (Fsp3) is 0. The van der Waals surface area contributed by atoms with Crippen LogP contribution in [0.4, 0.5) is 5.82 Å². The van der Waals surface area contributed by atoms with E-state index in [1.54, 1.807) is 0 Å². The first kappa shape index (κ1) is 9.83. The first-order chi connectivity index (χ1) is 5.90. The number of nitrogens with one attached hydrogen (secondary N) is 2. The molecule has 3 nitrogen and oxygen atoms in total. The van der Waals surface area contributed by atoms with Crippen LogP contribution in [0.2, 0.25) is 0 Å². The molecule has 67 valence electrons. The second-order valence-corrected chi connectivity index (χ2v) is 2.43. The summed E-state index contributed by atoms with van der Waals surface area (Å²) in [6, 6.07) is 7.60. The summed E-state index contributed by atoms with van der Waals surface area (Å²) >= 11 is 0. The fourth-order valence-electron chi connectivity index (χ4n) is 1.08. The predicted octanol–water partition coefficient (Wildman–Crippen LogP) is 2.14. The molecule has 0 bridgehead atoms. The van der Waals surface area contributed by atoms with Gasteiger partial charge in [0, 0.05) is 17.1 Å². The maximum Gasteiger partial charge on any atom is 0.128 e. The number of aliphatic imine (C=N–C) groups is 1. The molecule has 4 heteroatoms. The van der Waals surface area contributed by atoms with E-state index in [2.05, 4.69) is 27.9 Å². The van der Waals surface area contributed by atoms with Gasteiger partial charge in [0.05, 0.1) is 0 Å². The zero-order chi connectivity index (χ0) is 8.39. The van der Waals surface area contributed by atoms with Crippen LogP contribution in [0.15, 0.2) is 29.3 Å². The van der Waals surface area contributed by atoms with Crippen LogP contribution in [0.25, 0.3) is 11.4 Å². The molecular formula is C9H8MnN3-. The van der Waals surface area contributed by atoms with Gasteiger partial charge in [0.1, 0.15) is 5.82 Å². The summed E-state index contributed by atoms with van der Waals surface area (Å²) in [5.74, 6) is 0.777. The van der Waals surface area contributed by atoms with Gasteiger partial charge in [-0.05, 0) is 24.5 Å². The quantitative estimate of drug-likeness (QED) is 0.436. The van der Waals surface area contributed by atoms with Crippen LogP contribution < -0.4 is 0 Å². The Morgan fingerprint density at radius 1 is 1.23 bits per heavy atom. The predicted molar refractivity (Wildman–Crippen MR) is 48.6 cm³/mol. The zero-order valence-corrected chi connectivity index (χ0v) is 8.02. The van der Waals surface area contributed by atoms with E-state index in [-0.39, 0.29) is 17.1 Å². The normalized spacial score (nSPS) is 9.23. The molecule has 13 heavy (non-hydrogen) atoms. The first-order valence-corrected chi connectivity index (χ1v) is 3.61. The Labute approximate surface area is 86.8 Å². The van der Waals surface area contributed by atoms with Crippen LogP contribution in [0, 0.1) is 6.20 Å². The van der Waals surface area contributed by atoms with Gasteiger partial charge in [0.15, 0.2) is 0 Å². The second-order valence-electron chi connectivity index (χ2n) is 2.43. The Kier molecular flexibility index (Phi) is 3.12. The molecule has 1 radical (unpaired) electrons. The van der Waals surface area contributed by atoms with Crippen molar-refractivity contribution in [2.45, 2.75) is 0 Å². The molecule has 2 N–H and O–H groups in total. The van der Waals surface area contributed by atoms with Gasteiger partial charge in [0.2, 0.25) is 0 Å². The molecule has 0 amide bonds. The van der Waals surface area contributed by atoms with Crippen LogP contribution in [0.3, 0.4) is 0 Å². The molecule has 0 unspecified atom stereocenters. The molecule has 0 aliphatic carbocycles. The Bertz CT molecular complexity index is 375. The third-order valence-electron chi connectivity index (χ3n) is 1.67. The van der Waals surface area contributed by atoms with Crippen LogP contribution in [0.5, 0.6) is 0 Å². The van der Waals surface area contributed by atoms with E-state index in [4.69, 9.17) is 0 Å². The summed E-state index contributed by atoms with van der Waals surface area (Å²) in [6.45, 7) is 3.43. The molecule has 0 saturated carbocycles. The van der Waals surface area contributed by atoms with Crippen LogP contribution in [-0.4, -0.2) is 16.7 Å². The minimum Gasteiger partial charge on any atom is -0.476 e. The molecule has 2 rings (SSSR count). The minimum absolute atomic E-state index is 0. The van der Waals surface area contributed by atoms with Crippen LogP contribution in [0.1, 0.15) is 0 Å². The topological polar surface area (TPSA) is 43.9 Å². The minimum atomic E-state index is 0. The number of aromatic nitrogens is 2. The molecule has 2 aromatic rings. The van der Waals surface area contributed by atoms with Crippen molar-refractivity contribution in [3.05, 3.63) is 30.5 Å². The maximum atomic E-state index is 3.77. The zero-order valence-electron chi connectivity index (χ0n) is 6.84. The van der Waals surface area contributed by atoms with E-state index in [1.807, 2.05) is 24.3 Å². The second kappa shape index (κ2) is 4.12. The third-order valence-corrected chi connectivity index (χ3v) is 1.67. The molecular weight excluding hydrogens is 205 g/mol. The number of hydrogen-bond acceptors (Lipinski definition) is 1. The Morgan fingerprint density at radius 3 is 2.62 bits per heavy atom. The van der Waals surface area contributed by atoms with E-state index in [0.717, 1.165) is 17.2 Å². The van der Waals surface area contributed by atoms with Crippen molar-refractivity contribution in [1.82, 2.24) is 9.97 Å². The van der Waals surface area contributed by atoms with E-state index >= 15 is 0 Å². The summed E-state index contributed by atoms with van der Waals surface area (Å²) in [7, 11) is 0. The van der Waals surface area contributed by atoms with Gasteiger partial charge >= 0.3 is 0 Å². The SMILES string of the molecule is C=Nc1ccc(-c2cc[c-][nH]2)[nH]1.[Mn]. The molecule has 2 heterocycles. The molecule has 0 spiro atoms. The first-order valence-electron chi connectivity index (χ1n) is 3.61. The van der Waals surface area contributed by atoms with Crippen LogP contribution >= 0.6 is 0 Å². The van der Waals surface area contributed by atoms with Gasteiger partial charge in [-0.3, -0.25) is 0 Å². The fourth-order valence-corrected chi connectivity index (χ4v) is 1.08. The molecule has 0 aliphatic rings. The van der Waals surface area contributed by atoms with Gasteiger partial charge < -0.3 is 9.97 Å². The van der Waals surface area contributed by atoms with Crippen molar-refractivity contribution < 1.29 is 17.1 Å². The molecule has 2 aromatic heterocycles. The summed E-state index contributed by atoms with van der Waals surface area (Å²) in [6.07, 6.45) is 2.86. The van der Waals surface area contributed by atoms with Gasteiger partial charge in [-0.15, -0.1) is 6.20 Å². The largest absolute Gasteiger partial charge is 0.476 e. The summed E-state index contributed by atoms with van der Waals surface area (Å²) in [4.78, 5) is 9.83. The van der Waals surface area contributed by atoms with E-state index < -0.39 is 0 Å². The molecule has 0 aromatic carbocycles. The van der Waals surface area contributed by atoms with Crippen LogP contribution in [-0.2, 0) is 17.1 Å². The van der Waals surface area contributed by atoms with Gasteiger partial charge in [-0.25, -0.2) is 4.99 Å².